The van der Waals surface area contributed by atoms with Crippen LogP contribution in [0.3, 0.4) is 0 Å². The second-order valence-corrected chi connectivity index (χ2v) is 7.47. The summed E-state index contributed by atoms with van der Waals surface area (Å²) in [7, 11) is -4.25. The van der Waals surface area contributed by atoms with Gasteiger partial charge in [-0.1, -0.05) is 0 Å². The lowest BCUT2D eigenvalue weighted by atomic mass is 9.89. The lowest BCUT2D eigenvalue weighted by Gasteiger charge is -2.43. The van der Waals surface area contributed by atoms with Crippen LogP contribution in [0.25, 0.3) is 0 Å². The first-order chi connectivity index (χ1) is 14.7. The predicted molar refractivity (Wildman–Crippen MR) is 72.2 cm³/mol. The van der Waals surface area contributed by atoms with Gasteiger partial charge in [0.05, 0.1) is 0 Å². The fraction of sp³-hybridized carbons (Fsp3) is 1.00. The summed E-state index contributed by atoms with van der Waals surface area (Å²) in [6, 6.07) is 0. The fourth-order valence-electron chi connectivity index (χ4n) is 1.51. The van der Waals surface area contributed by atoms with Crippen molar-refractivity contribution in [1.29, 1.82) is 0 Å². The van der Waals surface area contributed by atoms with Crippen molar-refractivity contribution in [3.63, 3.8) is 0 Å². The number of alkyl halides is 19. The molecule has 0 unspecified atom stereocenters. The molecule has 0 atom stereocenters. The Morgan fingerprint density at radius 3 is 0.800 bits per heavy atom. The number of nitrogens with one attached hydrogen (secondary N) is 1. The van der Waals surface area contributed by atoms with Crippen LogP contribution in [0.1, 0.15) is 0 Å². The Hall–Kier alpha value is -1.46. The van der Waals surface area contributed by atoms with Crippen LogP contribution in [0, 0.1) is 0 Å². The minimum Gasteiger partial charge on any atom is -0.323 e. The van der Waals surface area contributed by atoms with Gasteiger partial charge in [0.15, 0.2) is 0 Å². The zero-order chi connectivity index (χ0) is 29.7. The molecule has 0 spiro atoms. The number of rotatable bonds is 8. The lowest BCUT2D eigenvalue weighted by Crippen LogP contribution is -2.76. The van der Waals surface area contributed by atoms with Crippen molar-refractivity contribution in [3.05, 3.63) is 0 Å². The Morgan fingerprint density at radius 1 is 0.457 bits per heavy atom. The molecule has 0 radical (unpaired) electrons. The van der Waals surface area contributed by atoms with E-state index in [4.69, 9.17) is 4.55 Å². The summed E-state index contributed by atoms with van der Waals surface area (Å²) in [5, 5.41) is -5.21. The molecule has 4 nitrogen and oxygen atoms in total. The average Bonchev–Trinajstić information content (AvgIpc) is 2.59. The molecule has 24 heteroatoms. The maximum atomic E-state index is 13.2. The van der Waals surface area contributed by atoms with Crippen LogP contribution in [-0.2, 0) is 10.1 Å². The third-order valence-corrected chi connectivity index (χ3v) is 4.32. The number of hydrogen-bond acceptors (Lipinski definition) is 3. The summed E-state index contributed by atoms with van der Waals surface area (Å²) in [6.07, 6.45) is -7.99. The number of hydrogen-bond donors (Lipinski definition) is 2. The summed E-state index contributed by atoms with van der Waals surface area (Å²) >= 11 is 0. The summed E-state index contributed by atoms with van der Waals surface area (Å²) in [6.45, 7) is 0. The third-order valence-electron chi connectivity index (χ3n) is 3.41. The Balaban J connectivity index is 0. The SMILES string of the molecule is CNC.O=S(=O)(O)C(F)(F)C(F)(F)C(F)(F)C(F)(F)C(F)(F)C(F)(F)C(F)(F)C(F)(F)C(F)(F)F. The molecule has 35 heavy (non-hydrogen) atoms. The van der Waals surface area contributed by atoms with E-state index in [2.05, 4.69) is 5.32 Å². The van der Waals surface area contributed by atoms with Gasteiger partial charge < -0.3 is 5.32 Å². The van der Waals surface area contributed by atoms with E-state index in [0.717, 1.165) is 0 Å². The van der Waals surface area contributed by atoms with Crippen LogP contribution in [0.15, 0.2) is 0 Å². The van der Waals surface area contributed by atoms with Gasteiger partial charge in [-0.05, 0) is 14.1 Å². The summed E-state index contributed by atoms with van der Waals surface area (Å²) in [5.74, 6) is -62.2. The zero-order valence-electron chi connectivity index (χ0n) is 15.9. The van der Waals surface area contributed by atoms with Crippen molar-refractivity contribution >= 4 is 10.1 Å². The lowest BCUT2D eigenvalue weighted by molar-refractivity contribution is -0.466. The molecule has 0 rings (SSSR count). The minimum absolute atomic E-state index is 1.88. The van der Waals surface area contributed by atoms with Gasteiger partial charge in [0.25, 0.3) is 0 Å². The van der Waals surface area contributed by atoms with Crippen LogP contribution >= 0.6 is 0 Å². The van der Waals surface area contributed by atoms with Crippen molar-refractivity contribution in [3.8, 4) is 0 Å². The van der Waals surface area contributed by atoms with E-state index in [0.29, 0.717) is 0 Å². The van der Waals surface area contributed by atoms with Gasteiger partial charge in [0, 0.05) is 0 Å². The largest absolute Gasteiger partial charge is 0.460 e. The molecule has 0 saturated carbocycles. The summed E-state index contributed by atoms with van der Waals surface area (Å²) in [5.41, 5.74) is 0. The highest BCUT2D eigenvalue weighted by Crippen LogP contribution is 2.65. The van der Waals surface area contributed by atoms with E-state index >= 15 is 0 Å². The molecule has 0 aliphatic heterocycles. The van der Waals surface area contributed by atoms with Crippen LogP contribution in [0.2, 0.25) is 0 Å². The Bertz CT molecular complexity index is 847. The van der Waals surface area contributed by atoms with E-state index in [1.807, 2.05) is 14.1 Å². The zero-order valence-corrected chi connectivity index (χ0v) is 16.7. The Morgan fingerprint density at radius 2 is 0.629 bits per heavy atom. The maximum Gasteiger partial charge on any atom is 0.460 e. The van der Waals surface area contributed by atoms with Gasteiger partial charge in [-0.25, -0.2) is 0 Å². The summed E-state index contributed by atoms with van der Waals surface area (Å²) < 4.78 is 270. The van der Waals surface area contributed by atoms with Gasteiger partial charge in [-0.2, -0.15) is 91.8 Å². The standard InChI is InChI=1S/C9HF19O3S.C2H7N/c10-1(11,2(12,13)4(16,17)6(20,21)8(24,25)26)3(14,15)5(18,19)7(22,23)9(27,28)32(29,30)31;1-3-2/h(H,29,30,31);3H,1-2H3. The van der Waals surface area contributed by atoms with E-state index in [-0.39, 0.29) is 0 Å². The monoisotopic (exact) mass is 595 g/mol. The molecule has 0 saturated heterocycles. The smallest absolute Gasteiger partial charge is 0.323 e. The van der Waals surface area contributed by atoms with Gasteiger partial charge in [0.1, 0.15) is 0 Å². The predicted octanol–water partition coefficient (Wildman–Crippen LogP) is 5.31. The van der Waals surface area contributed by atoms with Gasteiger partial charge >= 0.3 is 63.0 Å². The van der Waals surface area contributed by atoms with E-state index < -0.39 is 63.0 Å². The van der Waals surface area contributed by atoms with E-state index in [1.54, 1.807) is 0 Å². The van der Waals surface area contributed by atoms with Crippen molar-refractivity contribution in [2.75, 3.05) is 14.1 Å². The van der Waals surface area contributed by atoms with Crippen molar-refractivity contribution in [1.82, 2.24) is 5.32 Å². The second kappa shape index (κ2) is 9.13. The molecular weight excluding hydrogens is 587 g/mol. The molecule has 0 heterocycles. The molecule has 0 bridgehead atoms. The van der Waals surface area contributed by atoms with Gasteiger partial charge in [-0.15, -0.1) is 0 Å². The van der Waals surface area contributed by atoms with Crippen LogP contribution in [0.4, 0.5) is 83.4 Å². The molecule has 0 aliphatic rings. The van der Waals surface area contributed by atoms with Crippen molar-refractivity contribution < 1.29 is 96.4 Å². The molecular formula is C11H8F19NO3S. The average molecular weight is 595 g/mol. The number of halogens is 19. The van der Waals surface area contributed by atoms with Gasteiger partial charge in [0.2, 0.25) is 0 Å². The van der Waals surface area contributed by atoms with Gasteiger partial charge in [-0.3, -0.25) is 4.55 Å². The van der Waals surface area contributed by atoms with Crippen LogP contribution < -0.4 is 5.32 Å². The molecule has 0 aromatic heterocycles. The summed E-state index contributed by atoms with van der Waals surface area (Å²) in [4.78, 5) is 0. The Labute approximate surface area is 180 Å². The van der Waals surface area contributed by atoms with Crippen LogP contribution in [0.5, 0.6) is 0 Å². The fourth-order valence-corrected chi connectivity index (χ4v) is 1.96. The third kappa shape index (κ3) is 4.80. The van der Waals surface area contributed by atoms with Crippen molar-refractivity contribution in [2.24, 2.45) is 0 Å². The minimum atomic E-state index is -9.15. The highest BCUT2D eigenvalue weighted by Gasteiger charge is 2.97. The first-order valence-electron chi connectivity index (χ1n) is 7.31. The maximum absolute atomic E-state index is 13.2. The Kier molecular flexibility index (Phi) is 9.31. The topological polar surface area (TPSA) is 66.4 Å². The highest BCUT2D eigenvalue weighted by molar-refractivity contribution is 7.87. The van der Waals surface area contributed by atoms with Crippen LogP contribution in [-0.4, -0.2) is 80.0 Å². The molecule has 0 aromatic carbocycles. The first kappa shape index (κ1) is 35.7. The van der Waals surface area contributed by atoms with Crippen molar-refractivity contribution in [2.45, 2.75) is 52.9 Å². The van der Waals surface area contributed by atoms with E-state index in [1.165, 1.54) is 0 Å². The quantitative estimate of drug-likeness (QED) is 0.295. The highest BCUT2D eigenvalue weighted by atomic mass is 32.2. The molecule has 0 amide bonds. The second-order valence-electron chi connectivity index (χ2n) is 6.01. The molecule has 0 aliphatic carbocycles. The first-order valence-corrected chi connectivity index (χ1v) is 8.75. The molecule has 0 fully saturated rings. The molecule has 2 N–H and O–H groups in total. The molecule has 0 aromatic rings. The molecule has 214 valence electrons. The van der Waals surface area contributed by atoms with E-state index in [9.17, 15) is 91.8 Å². The normalized spacial score (nSPS) is 16.1.